The van der Waals surface area contributed by atoms with E-state index in [2.05, 4.69) is 28.7 Å². The van der Waals surface area contributed by atoms with Crippen molar-refractivity contribution in [1.29, 1.82) is 0 Å². The van der Waals surface area contributed by atoms with Crippen LogP contribution in [-0.4, -0.2) is 77.2 Å². The molecule has 2 aromatic rings. The summed E-state index contributed by atoms with van der Waals surface area (Å²) < 4.78 is 7.21. The highest BCUT2D eigenvalue weighted by molar-refractivity contribution is 5.96. The van der Waals surface area contributed by atoms with Crippen molar-refractivity contribution in [2.75, 3.05) is 46.9 Å². The minimum absolute atomic E-state index is 0.0116. The lowest BCUT2D eigenvalue weighted by molar-refractivity contribution is 0.0702. The lowest BCUT2D eigenvalue weighted by Crippen LogP contribution is -2.42. The Hall–Kier alpha value is -1.99. The first kappa shape index (κ1) is 19.8. The molecule has 0 bridgehead atoms. The lowest BCUT2D eigenvalue weighted by Gasteiger charge is -2.34. The van der Waals surface area contributed by atoms with Gasteiger partial charge >= 0.3 is 0 Å². The molecule has 2 aromatic heterocycles. The van der Waals surface area contributed by atoms with Crippen LogP contribution in [0.25, 0.3) is 11.2 Å². The van der Waals surface area contributed by atoms with Gasteiger partial charge in [-0.3, -0.25) is 4.79 Å². The second kappa shape index (κ2) is 8.80. The maximum atomic E-state index is 12.9. The molecule has 3 heterocycles. The fraction of sp³-hybridized carbons (Fsp3) is 0.650. The highest BCUT2D eigenvalue weighted by Crippen LogP contribution is 2.20. The quantitative estimate of drug-likeness (QED) is 0.746. The van der Waals surface area contributed by atoms with Gasteiger partial charge in [-0.15, -0.1) is 0 Å². The van der Waals surface area contributed by atoms with E-state index in [1.807, 2.05) is 22.6 Å². The standard InChI is InChI=1S/C20H31N5O2/c1-15(2)25-14-22-18-10-17(11-21-19(18)25)20(26)23(3)12-16-6-5-7-24(13-16)8-9-27-4/h10-11,14-16H,5-9,12-13H2,1-4H3. The Balaban J connectivity index is 1.64. The molecule has 1 saturated heterocycles. The van der Waals surface area contributed by atoms with Gasteiger partial charge in [0.05, 0.1) is 18.5 Å². The number of hydrogen-bond acceptors (Lipinski definition) is 5. The first-order valence-corrected chi connectivity index (χ1v) is 9.79. The van der Waals surface area contributed by atoms with E-state index in [1.54, 1.807) is 19.6 Å². The fourth-order valence-electron chi connectivity index (χ4n) is 3.83. The molecule has 7 heteroatoms. The summed E-state index contributed by atoms with van der Waals surface area (Å²) in [6.45, 7) is 8.82. The number of piperidine rings is 1. The summed E-state index contributed by atoms with van der Waals surface area (Å²) in [5.74, 6) is 0.513. The Labute approximate surface area is 161 Å². The molecule has 0 saturated carbocycles. The smallest absolute Gasteiger partial charge is 0.255 e. The van der Waals surface area contributed by atoms with Crippen molar-refractivity contribution in [3.8, 4) is 0 Å². The molecule has 0 aliphatic carbocycles. The summed E-state index contributed by atoms with van der Waals surface area (Å²) in [4.78, 5) is 26.0. The molecule has 0 radical (unpaired) electrons. The molecule has 1 amide bonds. The van der Waals surface area contributed by atoms with Crippen molar-refractivity contribution in [3.05, 3.63) is 24.2 Å². The molecule has 0 spiro atoms. The predicted molar refractivity (Wildman–Crippen MR) is 106 cm³/mol. The van der Waals surface area contributed by atoms with Crippen LogP contribution in [0.3, 0.4) is 0 Å². The van der Waals surface area contributed by atoms with E-state index in [0.29, 0.717) is 17.5 Å². The summed E-state index contributed by atoms with van der Waals surface area (Å²) in [6.07, 6.45) is 5.80. The first-order valence-electron chi connectivity index (χ1n) is 9.79. The highest BCUT2D eigenvalue weighted by atomic mass is 16.5. The van der Waals surface area contributed by atoms with E-state index in [0.717, 1.165) is 50.4 Å². The van der Waals surface area contributed by atoms with Crippen LogP contribution in [0, 0.1) is 5.92 Å². The topological polar surface area (TPSA) is 63.5 Å². The Morgan fingerprint density at radius 2 is 2.22 bits per heavy atom. The van der Waals surface area contributed by atoms with Gasteiger partial charge in [0, 0.05) is 46.0 Å². The first-order chi connectivity index (χ1) is 13.0. The van der Waals surface area contributed by atoms with Crippen LogP contribution in [0.2, 0.25) is 0 Å². The van der Waals surface area contributed by atoms with Crippen molar-refractivity contribution >= 4 is 17.1 Å². The van der Waals surface area contributed by atoms with Crippen LogP contribution in [0.15, 0.2) is 18.6 Å². The monoisotopic (exact) mass is 373 g/mol. The summed E-state index contributed by atoms with van der Waals surface area (Å²) in [5, 5.41) is 0. The van der Waals surface area contributed by atoms with Crippen molar-refractivity contribution in [3.63, 3.8) is 0 Å². The summed E-state index contributed by atoms with van der Waals surface area (Å²) in [5.41, 5.74) is 2.20. The van der Waals surface area contributed by atoms with Crippen LogP contribution in [0.4, 0.5) is 0 Å². The van der Waals surface area contributed by atoms with E-state index >= 15 is 0 Å². The predicted octanol–water partition coefficient (Wildman–Crippen LogP) is 2.44. The summed E-state index contributed by atoms with van der Waals surface area (Å²) in [6, 6.07) is 2.14. The van der Waals surface area contributed by atoms with E-state index in [9.17, 15) is 4.79 Å². The zero-order chi connectivity index (χ0) is 19.4. The fourth-order valence-corrected chi connectivity index (χ4v) is 3.83. The van der Waals surface area contributed by atoms with Crippen molar-refractivity contribution < 1.29 is 9.53 Å². The number of carbonyl (C=O) groups excluding carboxylic acids is 1. The molecule has 0 N–H and O–H groups in total. The minimum Gasteiger partial charge on any atom is -0.383 e. The van der Waals surface area contributed by atoms with Gasteiger partial charge in [-0.1, -0.05) is 0 Å². The van der Waals surface area contributed by atoms with Crippen LogP contribution < -0.4 is 0 Å². The van der Waals surface area contributed by atoms with Crippen molar-refractivity contribution in [1.82, 2.24) is 24.3 Å². The third-order valence-corrected chi connectivity index (χ3v) is 5.31. The van der Waals surface area contributed by atoms with Gasteiger partial charge < -0.3 is 19.1 Å². The molecule has 1 aliphatic heterocycles. The molecule has 1 fully saturated rings. The van der Waals surface area contributed by atoms with Gasteiger partial charge in [-0.2, -0.15) is 0 Å². The molecule has 0 aromatic carbocycles. The number of likely N-dealkylation sites (tertiary alicyclic amines) is 1. The number of fused-ring (bicyclic) bond motifs is 1. The van der Waals surface area contributed by atoms with Gasteiger partial charge in [0.1, 0.15) is 5.52 Å². The second-order valence-corrected chi connectivity index (χ2v) is 7.80. The van der Waals surface area contributed by atoms with Gasteiger partial charge in [-0.25, -0.2) is 9.97 Å². The van der Waals surface area contributed by atoms with Gasteiger partial charge in [-0.05, 0) is 45.2 Å². The van der Waals surface area contributed by atoms with Crippen molar-refractivity contribution in [2.45, 2.75) is 32.7 Å². The van der Waals surface area contributed by atoms with Gasteiger partial charge in [0.15, 0.2) is 5.65 Å². The molecule has 3 rings (SSSR count). The maximum absolute atomic E-state index is 12.9. The number of carbonyl (C=O) groups is 1. The van der Waals surface area contributed by atoms with Gasteiger partial charge in [0.25, 0.3) is 5.91 Å². The molecule has 1 unspecified atom stereocenters. The number of pyridine rings is 1. The van der Waals surface area contributed by atoms with E-state index in [-0.39, 0.29) is 5.91 Å². The number of imidazole rings is 1. The average molecular weight is 374 g/mol. The number of rotatable bonds is 7. The van der Waals surface area contributed by atoms with Crippen LogP contribution in [0.5, 0.6) is 0 Å². The molecule has 1 atom stereocenters. The maximum Gasteiger partial charge on any atom is 0.255 e. The third kappa shape index (κ3) is 4.65. The van der Waals surface area contributed by atoms with Crippen molar-refractivity contribution in [2.24, 2.45) is 5.92 Å². The SMILES string of the molecule is COCCN1CCCC(CN(C)C(=O)c2cnc3c(c2)ncn3C(C)C)C1. The van der Waals surface area contributed by atoms with Crippen LogP contribution in [-0.2, 0) is 4.74 Å². The zero-order valence-electron chi connectivity index (χ0n) is 16.9. The number of hydrogen-bond donors (Lipinski definition) is 0. The largest absolute Gasteiger partial charge is 0.383 e. The van der Waals surface area contributed by atoms with Gasteiger partial charge in [0.2, 0.25) is 0 Å². The summed E-state index contributed by atoms with van der Waals surface area (Å²) >= 11 is 0. The molecular formula is C20H31N5O2. The number of amides is 1. The Morgan fingerprint density at radius 1 is 1.41 bits per heavy atom. The molecule has 27 heavy (non-hydrogen) atoms. The molecule has 7 nitrogen and oxygen atoms in total. The molecular weight excluding hydrogens is 342 g/mol. The molecule has 1 aliphatic rings. The number of aromatic nitrogens is 3. The molecule has 148 valence electrons. The second-order valence-electron chi connectivity index (χ2n) is 7.80. The van der Waals surface area contributed by atoms with E-state index < -0.39 is 0 Å². The normalized spacial score (nSPS) is 18.3. The Kier molecular flexibility index (Phi) is 6.44. The van der Waals surface area contributed by atoms with E-state index in [1.165, 1.54) is 6.42 Å². The lowest BCUT2D eigenvalue weighted by atomic mass is 9.97. The summed E-state index contributed by atoms with van der Waals surface area (Å²) in [7, 11) is 3.62. The van der Waals surface area contributed by atoms with Crippen LogP contribution in [0.1, 0.15) is 43.1 Å². The Bertz CT molecular complexity index is 773. The highest BCUT2D eigenvalue weighted by Gasteiger charge is 2.23. The minimum atomic E-state index is 0.0116. The van der Waals surface area contributed by atoms with Crippen LogP contribution >= 0.6 is 0 Å². The zero-order valence-corrected chi connectivity index (χ0v) is 16.9. The number of nitrogens with zero attached hydrogens (tertiary/aromatic N) is 5. The number of methoxy groups -OCH3 is 1. The Morgan fingerprint density at radius 3 is 2.96 bits per heavy atom. The third-order valence-electron chi connectivity index (χ3n) is 5.31. The average Bonchev–Trinajstić information content (AvgIpc) is 3.09. The number of ether oxygens (including phenoxy) is 1. The van der Waals surface area contributed by atoms with E-state index in [4.69, 9.17) is 4.74 Å².